The second kappa shape index (κ2) is 11.1. The van der Waals surface area contributed by atoms with Gasteiger partial charge in [0.1, 0.15) is 0 Å². The number of carbonyl (C=O) groups excluding carboxylic acids is 1. The summed E-state index contributed by atoms with van der Waals surface area (Å²) in [7, 11) is 0. The summed E-state index contributed by atoms with van der Waals surface area (Å²) in [6.07, 6.45) is 6.83. The Kier molecular flexibility index (Phi) is 6.23. The van der Waals surface area contributed by atoms with Crippen molar-refractivity contribution in [2.45, 2.75) is 12.0 Å². The van der Waals surface area contributed by atoms with Gasteiger partial charge >= 0.3 is 0 Å². The lowest BCUT2D eigenvalue weighted by Crippen LogP contribution is -2.38. The van der Waals surface area contributed by atoms with Gasteiger partial charge in [0.15, 0.2) is 0 Å². The summed E-state index contributed by atoms with van der Waals surface area (Å²) >= 11 is 0. The predicted octanol–water partition coefficient (Wildman–Crippen LogP) is 11.9. The van der Waals surface area contributed by atoms with Crippen molar-refractivity contribution in [3.05, 3.63) is 199 Å². The molecule has 3 nitrogen and oxygen atoms in total. The van der Waals surface area contributed by atoms with E-state index in [0.29, 0.717) is 0 Å². The van der Waals surface area contributed by atoms with Gasteiger partial charge in [-0.05, 0) is 86.5 Å². The van der Waals surface area contributed by atoms with Crippen molar-refractivity contribution in [2.24, 2.45) is 0 Å². The molecule has 3 heterocycles. The summed E-state index contributed by atoms with van der Waals surface area (Å²) in [5, 5.41) is 2.22. The number of hydrogen-bond acceptors (Lipinski definition) is 1. The van der Waals surface area contributed by atoms with Crippen LogP contribution in [0.5, 0.6) is 0 Å². The second-order valence-corrected chi connectivity index (χ2v) is 14.1. The Balaban J connectivity index is 1.25. The van der Waals surface area contributed by atoms with Crippen molar-refractivity contribution in [1.82, 2.24) is 4.57 Å². The van der Waals surface area contributed by atoms with Crippen molar-refractivity contribution in [2.75, 3.05) is 4.90 Å². The monoisotopic (exact) mass is 664 g/mol. The molecule has 2 aliphatic heterocycles. The molecular formula is C49H32N2O. The second-order valence-electron chi connectivity index (χ2n) is 14.1. The highest BCUT2D eigenvalue weighted by atomic mass is 16.2. The molecule has 7 aromatic carbocycles. The summed E-state index contributed by atoms with van der Waals surface area (Å²) in [6.45, 7) is 0. The molecule has 52 heavy (non-hydrogen) atoms. The van der Waals surface area contributed by atoms with Gasteiger partial charge in [-0.2, -0.15) is 0 Å². The van der Waals surface area contributed by atoms with Crippen molar-refractivity contribution in [3.8, 4) is 39.1 Å². The van der Waals surface area contributed by atoms with Gasteiger partial charge in [-0.15, -0.1) is 0 Å². The van der Waals surface area contributed by atoms with E-state index in [2.05, 4.69) is 185 Å². The van der Waals surface area contributed by atoms with E-state index in [9.17, 15) is 0 Å². The molecule has 3 heteroatoms. The number of nitrogens with zero attached hydrogens (tertiary/aromatic N) is 2. The largest absolute Gasteiger partial charge is 0.306 e. The van der Waals surface area contributed by atoms with Crippen LogP contribution in [-0.2, 0) is 0 Å². The minimum absolute atomic E-state index is 0.00225. The number of carbonyl (C=O) groups is 1. The van der Waals surface area contributed by atoms with Crippen molar-refractivity contribution in [1.29, 1.82) is 0 Å². The molecule has 8 aromatic rings. The van der Waals surface area contributed by atoms with Crippen LogP contribution >= 0.6 is 0 Å². The minimum Gasteiger partial charge on any atom is -0.306 e. The van der Waals surface area contributed by atoms with E-state index < -0.39 is 0 Å². The smallest absolute Gasteiger partial charge is 0.261 e. The van der Waals surface area contributed by atoms with Gasteiger partial charge < -0.3 is 4.57 Å². The molecule has 0 saturated heterocycles. The number of fused-ring (bicyclic) bond motifs is 7. The first-order valence-electron chi connectivity index (χ1n) is 18.0. The summed E-state index contributed by atoms with van der Waals surface area (Å²) < 4.78 is 2.38. The third-order valence-corrected chi connectivity index (χ3v) is 11.2. The Morgan fingerprint density at radius 3 is 1.73 bits per heavy atom. The van der Waals surface area contributed by atoms with Crippen molar-refractivity contribution in [3.63, 3.8) is 0 Å². The van der Waals surface area contributed by atoms with Crippen LogP contribution in [0.15, 0.2) is 182 Å². The molecular weight excluding hydrogens is 633 g/mol. The van der Waals surface area contributed by atoms with Crippen LogP contribution in [0.3, 0.4) is 0 Å². The number of rotatable bonds is 4. The molecule has 1 aliphatic carbocycles. The van der Waals surface area contributed by atoms with E-state index in [4.69, 9.17) is 0 Å². The molecule has 0 radical (unpaired) electrons. The fraction of sp³-hybridized carbons (Fsp3) is 0.0408. The van der Waals surface area contributed by atoms with E-state index >= 15 is 4.79 Å². The Morgan fingerprint density at radius 1 is 0.500 bits per heavy atom. The van der Waals surface area contributed by atoms with Crippen molar-refractivity contribution < 1.29 is 4.79 Å². The Bertz CT molecular complexity index is 2800. The van der Waals surface area contributed by atoms with Crippen LogP contribution in [0.4, 0.5) is 5.69 Å². The lowest BCUT2D eigenvalue weighted by Gasteiger charge is -2.28. The standard InChI is InChI=1S/C49H32N2O/c52-49-43-29-37(33-17-9-3-10-18-33)27-41-39-25-35(31-13-5-1-6-14-31)21-23-44(39)50(47(41)43)46-30-38(34-19-11-4-12-20-34)28-42-40-26-36(32-15-7-2-8-16-32)22-24-45(40)51(49)48(42)46/h1-30,40,45H. The summed E-state index contributed by atoms with van der Waals surface area (Å²) in [4.78, 5) is 17.5. The molecule has 2 atom stereocenters. The highest BCUT2D eigenvalue weighted by molar-refractivity contribution is 6.24. The zero-order valence-corrected chi connectivity index (χ0v) is 28.3. The van der Waals surface area contributed by atoms with Crippen molar-refractivity contribution >= 4 is 39.0 Å². The maximum absolute atomic E-state index is 15.4. The number of aromatic nitrogens is 1. The summed E-state index contributed by atoms with van der Waals surface area (Å²) in [6, 6.07) is 57.9. The molecule has 1 aromatic heterocycles. The van der Waals surface area contributed by atoms with Gasteiger partial charge in [-0.1, -0.05) is 146 Å². The fourth-order valence-corrected chi connectivity index (χ4v) is 8.82. The normalized spacial score (nSPS) is 16.9. The molecule has 11 rings (SSSR count). The fourth-order valence-electron chi connectivity index (χ4n) is 8.82. The van der Waals surface area contributed by atoms with E-state index in [1.807, 2.05) is 6.07 Å². The van der Waals surface area contributed by atoms with Gasteiger partial charge in [0, 0.05) is 16.7 Å². The van der Waals surface area contributed by atoms with Crippen LogP contribution in [0.1, 0.15) is 27.4 Å². The van der Waals surface area contributed by atoms with Gasteiger partial charge in [0.05, 0.1) is 34.0 Å². The SMILES string of the molecule is O=C1c2cc(-c3ccccc3)cc3c4cc(-c5ccccc5)ccc4n(c23)-c2cc(-c3ccccc3)cc3c2N1C1C=CC(c2ccccc2)=CC31. The Morgan fingerprint density at radius 2 is 1.08 bits per heavy atom. The molecule has 244 valence electrons. The van der Waals surface area contributed by atoms with Crippen LogP contribution in [-0.4, -0.2) is 16.5 Å². The number of anilines is 1. The first kappa shape index (κ1) is 29.1. The van der Waals surface area contributed by atoms with E-state index in [0.717, 1.165) is 66.6 Å². The Hall–Kier alpha value is -6.71. The molecule has 0 bridgehead atoms. The molecule has 0 spiro atoms. The average molecular weight is 665 g/mol. The molecule has 3 aliphatic rings. The van der Waals surface area contributed by atoms with E-state index in [-0.39, 0.29) is 17.9 Å². The Labute approximate surface area is 302 Å². The van der Waals surface area contributed by atoms with Gasteiger partial charge in [-0.3, -0.25) is 9.69 Å². The third kappa shape index (κ3) is 4.23. The third-order valence-electron chi connectivity index (χ3n) is 11.2. The maximum Gasteiger partial charge on any atom is 0.261 e. The number of amides is 1. The van der Waals surface area contributed by atoms with E-state index in [1.54, 1.807) is 0 Å². The first-order chi connectivity index (χ1) is 25.7. The van der Waals surface area contributed by atoms with Crippen LogP contribution in [0.2, 0.25) is 0 Å². The predicted molar refractivity (Wildman–Crippen MR) is 214 cm³/mol. The first-order valence-corrected chi connectivity index (χ1v) is 18.0. The van der Waals surface area contributed by atoms with Gasteiger partial charge in [0.25, 0.3) is 5.91 Å². The molecule has 0 saturated carbocycles. The minimum atomic E-state index is -0.143. The number of allylic oxidation sites excluding steroid dienone is 2. The zero-order valence-electron chi connectivity index (χ0n) is 28.3. The lowest BCUT2D eigenvalue weighted by molar-refractivity contribution is 0.0984. The van der Waals surface area contributed by atoms with E-state index in [1.165, 1.54) is 22.3 Å². The van der Waals surface area contributed by atoms with Crippen LogP contribution in [0.25, 0.3) is 66.4 Å². The average Bonchev–Trinajstić information content (AvgIpc) is 3.70. The molecule has 0 N–H and O–H groups in total. The quantitative estimate of drug-likeness (QED) is 0.184. The highest BCUT2D eigenvalue weighted by Gasteiger charge is 2.45. The van der Waals surface area contributed by atoms with Crippen LogP contribution in [0, 0.1) is 0 Å². The van der Waals surface area contributed by atoms with Gasteiger partial charge in [0.2, 0.25) is 0 Å². The molecule has 1 amide bonds. The van der Waals surface area contributed by atoms with Gasteiger partial charge in [-0.25, -0.2) is 0 Å². The maximum atomic E-state index is 15.4. The topological polar surface area (TPSA) is 25.2 Å². The lowest BCUT2D eigenvalue weighted by atomic mass is 9.85. The number of hydrogen-bond donors (Lipinski definition) is 0. The molecule has 0 fully saturated rings. The zero-order chi connectivity index (χ0) is 34.3. The highest BCUT2D eigenvalue weighted by Crippen LogP contribution is 2.54. The van der Waals surface area contributed by atoms with Crippen LogP contribution < -0.4 is 4.90 Å². The molecule has 2 unspecified atom stereocenters. The summed E-state index contributed by atoms with van der Waals surface area (Å²) in [5.74, 6) is 0.0405. The summed E-state index contributed by atoms with van der Waals surface area (Å²) in [5.41, 5.74) is 15.1. The number of benzene rings is 7.